The normalized spacial score (nSPS) is 19.5. The van der Waals surface area contributed by atoms with Gasteiger partial charge < -0.3 is 10.2 Å². The van der Waals surface area contributed by atoms with E-state index in [4.69, 9.17) is 0 Å². The molecule has 0 saturated heterocycles. The van der Waals surface area contributed by atoms with Crippen LogP contribution in [-0.2, 0) is 13.0 Å². The van der Waals surface area contributed by atoms with Gasteiger partial charge in [0.1, 0.15) is 0 Å². The van der Waals surface area contributed by atoms with E-state index in [1.54, 1.807) is 5.56 Å². The molecule has 0 atom stereocenters. The number of nitrogens with one attached hydrogen (secondary N) is 1. The van der Waals surface area contributed by atoms with E-state index in [1.807, 2.05) is 7.05 Å². The van der Waals surface area contributed by atoms with Crippen LogP contribution in [0.1, 0.15) is 36.8 Å². The van der Waals surface area contributed by atoms with Crippen LogP contribution in [0.3, 0.4) is 0 Å². The third-order valence-electron chi connectivity index (χ3n) is 4.48. The number of fused-ring (bicyclic) bond motifs is 1. The topological polar surface area (TPSA) is 15.3 Å². The molecule has 0 radical (unpaired) electrons. The number of benzene rings is 1. The Morgan fingerprint density at radius 1 is 1.28 bits per heavy atom. The highest BCUT2D eigenvalue weighted by molar-refractivity contribution is 5.59. The van der Waals surface area contributed by atoms with Crippen LogP contribution >= 0.6 is 0 Å². The summed E-state index contributed by atoms with van der Waals surface area (Å²) in [7, 11) is 2.02. The fourth-order valence-electron chi connectivity index (χ4n) is 3.50. The van der Waals surface area contributed by atoms with Crippen LogP contribution in [0.2, 0.25) is 0 Å². The van der Waals surface area contributed by atoms with Gasteiger partial charge in [-0.15, -0.1) is 0 Å². The molecule has 2 aliphatic rings. The van der Waals surface area contributed by atoms with Crippen LogP contribution in [0, 0.1) is 5.92 Å². The maximum Gasteiger partial charge on any atom is 0.0402 e. The van der Waals surface area contributed by atoms with Gasteiger partial charge in [0.2, 0.25) is 0 Å². The summed E-state index contributed by atoms with van der Waals surface area (Å²) in [4.78, 5) is 2.63. The lowest BCUT2D eigenvalue weighted by molar-refractivity contribution is 0.538. The van der Waals surface area contributed by atoms with Crippen LogP contribution in [0.5, 0.6) is 0 Å². The first kappa shape index (κ1) is 12.0. The van der Waals surface area contributed by atoms with Gasteiger partial charge in [-0.2, -0.15) is 0 Å². The zero-order valence-corrected chi connectivity index (χ0v) is 11.4. The molecule has 1 saturated carbocycles. The van der Waals surface area contributed by atoms with Crippen molar-refractivity contribution in [2.45, 2.75) is 38.6 Å². The molecule has 1 aromatic rings. The summed E-state index contributed by atoms with van der Waals surface area (Å²) >= 11 is 0. The fraction of sp³-hybridized carbons (Fsp3) is 0.625. The van der Waals surface area contributed by atoms with Gasteiger partial charge in [-0.3, -0.25) is 0 Å². The van der Waals surface area contributed by atoms with Crippen molar-refractivity contribution < 1.29 is 0 Å². The van der Waals surface area contributed by atoms with Gasteiger partial charge in [0.15, 0.2) is 0 Å². The van der Waals surface area contributed by atoms with Gasteiger partial charge in [0.25, 0.3) is 0 Å². The first-order chi connectivity index (χ1) is 8.86. The van der Waals surface area contributed by atoms with Crippen molar-refractivity contribution in [1.29, 1.82) is 0 Å². The lowest BCUT2D eigenvalue weighted by Crippen LogP contribution is -2.26. The van der Waals surface area contributed by atoms with Crippen molar-refractivity contribution in [3.05, 3.63) is 29.3 Å². The summed E-state index contributed by atoms with van der Waals surface area (Å²) in [5.74, 6) is 0.948. The molecule has 2 heteroatoms. The molecule has 1 aromatic carbocycles. The molecular weight excluding hydrogens is 220 g/mol. The average molecular weight is 244 g/mol. The maximum absolute atomic E-state index is 3.24. The zero-order valence-electron chi connectivity index (χ0n) is 11.4. The minimum atomic E-state index is 0.948. The van der Waals surface area contributed by atoms with Crippen molar-refractivity contribution in [3.63, 3.8) is 0 Å². The maximum atomic E-state index is 3.24. The highest BCUT2D eigenvalue weighted by Crippen LogP contribution is 2.33. The molecule has 0 bridgehead atoms. The highest BCUT2D eigenvalue weighted by Gasteiger charge is 2.24. The van der Waals surface area contributed by atoms with Gasteiger partial charge >= 0.3 is 0 Å². The molecule has 2 nitrogen and oxygen atoms in total. The molecule has 3 rings (SSSR count). The van der Waals surface area contributed by atoms with E-state index in [2.05, 4.69) is 28.4 Å². The largest absolute Gasteiger partial charge is 0.371 e. The van der Waals surface area contributed by atoms with Crippen molar-refractivity contribution in [3.8, 4) is 0 Å². The standard InChI is InChI=1S/C16H24N2/c1-17-11-14-6-7-15-8-9-18(16(15)10-14)12-13-4-2-3-5-13/h6-7,10,13,17H,2-5,8-9,11-12H2,1H3. The molecule has 1 aliphatic carbocycles. The zero-order chi connectivity index (χ0) is 12.4. The van der Waals surface area contributed by atoms with Gasteiger partial charge in [-0.05, 0) is 49.4 Å². The Balaban J connectivity index is 1.74. The number of rotatable bonds is 4. The molecular formula is C16H24N2. The Morgan fingerprint density at radius 3 is 2.89 bits per heavy atom. The first-order valence-corrected chi connectivity index (χ1v) is 7.38. The van der Waals surface area contributed by atoms with Crippen LogP contribution < -0.4 is 10.2 Å². The average Bonchev–Trinajstić information content (AvgIpc) is 3.01. The predicted octanol–water partition coefficient (Wildman–Crippen LogP) is 2.96. The fourth-order valence-corrected chi connectivity index (χ4v) is 3.50. The lowest BCUT2D eigenvalue weighted by Gasteiger charge is -2.23. The van der Waals surface area contributed by atoms with E-state index in [-0.39, 0.29) is 0 Å². The molecule has 1 N–H and O–H groups in total. The molecule has 0 amide bonds. The van der Waals surface area contributed by atoms with E-state index in [1.165, 1.54) is 56.4 Å². The van der Waals surface area contributed by atoms with Crippen LogP contribution in [0.15, 0.2) is 18.2 Å². The van der Waals surface area contributed by atoms with Crippen molar-refractivity contribution in [1.82, 2.24) is 5.32 Å². The minimum Gasteiger partial charge on any atom is -0.371 e. The van der Waals surface area contributed by atoms with Crippen molar-refractivity contribution in [2.75, 3.05) is 25.0 Å². The Morgan fingerprint density at radius 2 is 2.11 bits per heavy atom. The molecule has 1 heterocycles. The summed E-state index contributed by atoms with van der Waals surface area (Å²) < 4.78 is 0. The molecule has 1 aliphatic heterocycles. The van der Waals surface area contributed by atoms with Crippen LogP contribution in [0.4, 0.5) is 5.69 Å². The van der Waals surface area contributed by atoms with Crippen LogP contribution in [0.25, 0.3) is 0 Å². The molecule has 98 valence electrons. The monoisotopic (exact) mass is 244 g/mol. The third kappa shape index (κ3) is 2.39. The lowest BCUT2D eigenvalue weighted by atomic mass is 10.1. The van der Waals surface area contributed by atoms with Gasteiger partial charge in [0, 0.05) is 25.3 Å². The summed E-state index contributed by atoms with van der Waals surface area (Å²) in [6.45, 7) is 3.50. The van der Waals surface area contributed by atoms with E-state index < -0.39 is 0 Å². The Hall–Kier alpha value is -1.02. The second-order valence-electron chi connectivity index (χ2n) is 5.84. The van der Waals surface area contributed by atoms with Gasteiger partial charge in [-0.25, -0.2) is 0 Å². The number of anilines is 1. The van der Waals surface area contributed by atoms with E-state index in [9.17, 15) is 0 Å². The molecule has 0 unspecified atom stereocenters. The number of hydrogen-bond acceptors (Lipinski definition) is 2. The Labute approximate surface area is 110 Å². The van der Waals surface area contributed by atoms with E-state index >= 15 is 0 Å². The van der Waals surface area contributed by atoms with Crippen molar-refractivity contribution >= 4 is 5.69 Å². The summed E-state index contributed by atoms with van der Waals surface area (Å²) in [5.41, 5.74) is 4.47. The smallest absolute Gasteiger partial charge is 0.0402 e. The summed E-state index contributed by atoms with van der Waals surface area (Å²) in [6, 6.07) is 7.00. The summed E-state index contributed by atoms with van der Waals surface area (Å²) in [6.07, 6.45) is 7.03. The number of nitrogens with zero attached hydrogens (tertiary/aromatic N) is 1. The minimum absolute atomic E-state index is 0.948. The predicted molar refractivity (Wildman–Crippen MR) is 77.1 cm³/mol. The van der Waals surface area contributed by atoms with E-state index in [0.29, 0.717) is 0 Å². The quantitative estimate of drug-likeness (QED) is 0.876. The van der Waals surface area contributed by atoms with E-state index in [0.717, 1.165) is 12.5 Å². The van der Waals surface area contributed by atoms with Gasteiger partial charge in [0.05, 0.1) is 0 Å². The second kappa shape index (κ2) is 5.31. The van der Waals surface area contributed by atoms with Crippen molar-refractivity contribution in [2.24, 2.45) is 5.92 Å². The SMILES string of the molecule is CNCc1ccc2c(c1)N(CC1CCCC1)CC2. The molecule has 1 fully saturated rings. The Kier molecular flexibility index (Phi) is 3.55. The third-order valence-corrected chi connectivity index (χ3v) is 4.48. The molecule has 0 spiro atoms. The van der Waals surface area contributed by atoms with Gasteiger partial charge in [-0.1, -0.05) is 25.0 Å². The van der Waals surface area contributed by atoms with Crippen LogP contribution in [-0.4, -0.2) is 20.1 Å². The summed E-state index contributed by atoms with van der Waals surface area (Å²) in [5, 5.41) is 3.24. The Bertz CT molecular complexity index is 408. The second-order valence-corrected chi connectivity index (χ2v) is 5.84. The first-order valence-electron chi connectivity index (χ1n) is 7.38. The molecule has 0 aromatic heterocycles. The highest BCUT2D eigenvalue weighted by atomic mass is 15.1. The number of hydrogen-bond donors (Lipinski definition) is 1. The molecule has 18 heavy (non-hydrogen) atoms.